The molecule has 0 unspecified atom stereocenters. The van der Waals surface area contributed by atoms with Gasteiger partial charge in [-0.2, -0.15) is 0 Å². The summed E-state index contributed by atoms with van der Waals surface area (Å²) in [6.45, 7) is 3.83. The third-order valence-electron chi connectivity index (χ3n) is 5.96. The van der Waals surface area contributed by atoms with Crippen LogP contribution in [0.3, 0.4) is 0 Å². The number of pyridine rings is 1. The molecule has 196 valence electrons. The summed E-state index contributed by atoms with van der Waals surface area (Å²) in [6.07, 6.45) is 1.43. The topological polar surface area (TPSA) is 114 Å². The van der Waals surface area contributed by atoms with Crippen molar-refractivity contribution in [3.63, 3.8) is 0 Å². The van der Waals surface area contributed by atoms with Crippen LogP contribution in [0.4, 0.5) is 10.2 Å². The second-order valence-corrected chi connectivity index (χ2v) is 8.49. The number of benzene rings is 2. The smallest absolute Gasteiger partial charge is 0.344 e. The lowest BCUT2D eigenvalue weighted by Crippen LogP contribution is -2.19. The molecule has 0 aliphatic rings. The van der Waals surface area contributed by atoms with Gasteiger partial charge >= 0.3 is 5.97 Å². The predicted molar refractivity (Wildman–Crippen MR) is 140 cm³/mol. The van der Waals surface area contributed by atoms with Gasteiger partial charge in [-0.3, -0.25) is 0 Å². The molecule has 4 aromatic rings. The van der Waals surface area contributed by atoms with Crippen LogP contribution in [0, 0.1) is 5.82 Å². The van der Waals surface area contributed by atoms with E-state index in [1.807, 2.05) is 24.3 Å². The first-order valence-electron chi connectivity index (χ1n) is 12.3. The number of hydrogen-bond acceptors (Lipinski definition) is 8. The number of anilines is 1. The zero-order valence-corrected chi connectivity index (χ0v) is 21.1. The molecule has 0 amide bonds. The van der Waals surface area contributed by atoms with E-state index in [9.17, 15) is 9.18 Å². The zero-order valence-electron chi connectivity index (χ0n) is 21.1. The Hall–Kier alpha value is -3.76. The number of ether oxygens (including phenoxy) is 3. The number of aromatic nitrogens is 3. The summed E-state index contributed by atoms with van der Waals surface area (Å²) in [7, 11) is 1.66. The van der Waals surface area contributed by atoms with E-state index in [1.165, 1.54) is 6.07 Å². The fraction of sp³-hybridized carbons (Fsp3) is 0.370. The van der Waals surface area contributed by atoms with Gasteiger partial charge in [-0.05, 0) is 32.0 Å². The summed E-state index contributed by atoms with van der Waals surface area (Å²) < 4.78 is 32.4. The number of esters is 1. The Morgan fingerprint density at radius 2 is 2.00 bits per heavy atom. The maximum Gasteiger partial charge on any atom is 0.344 e. The molecule has 0 saturated carbocycles. The van der Waals surface area contributed by atoms with Crippen molar-refractivity contribution in [1.82, 2.24) is 19.9 Å². The lowest BCUT2D eigenvalue weighted by atomic mass is 10.2. The molecule has 4 rings (SSSR count). The molecule has 0 saturated heterocycles. The molecule has 0 aliphatic carbocycles. The Kier molecular flexibility index (Phi) is 8.86. The van der Waals surface area contributed by atoms with Gasteiger partial charge in [-0.15, -0.1) is 0 Å². The zero-order chi connectivity index (χ0) is 26.2. The van der Waals surface area contributed by atoms with Crippen LogP contribution in [0.25, 0.3) is 21.9 Å². The number of carbonyl (C=O) groups excluding carboxylic acids is 1. The van der Waals surface area contributed by atoms with Gasteiger partial charge < -0.3 is 29.8 Å². The van der Waals surface area contributed by atoms with E-state index in [2.05, 4.69) is 14.9 Å². The molecule has 0 fully saturated rings. The van der Waals surface area contributed by atoms with E-state index in [4.69, 9.17) is 24.9 Å². The number of imidazole rings is 1. The van der Waals surface area contributed by atoms with Crippen LogP contribution in [0.2, 0.25) is 0 Å². The van der Waals surface area contributed by atoms with Gasteiger partial charge in [-0.1, -0.05) is 30.3 Å². The van der Waals surface area contributed by atoms with E-state index < -0.39 is 11.8 Å². The monoisotopic (exact) mass is 509 g/mol. The highest BCUT2D eigenvalue weighted by molar-refractivity contribution is 6.06. The van der Waals surface area contributed by atoms with Crippen LogP contribution < -0.4 is 15.8 Å². The number of nitrogen functional groups attached to an aromatic ring is 1. The number of rotatable bonds is 13. The van der Waals surface area contributed by atoms with Gasteiger partial charge in [0.25, 0.3) is 0 Å². The molecule has 2 aromatic heterocycles. The second-order valence-electron chi connectivity index (χ2n) is 8.49. The Morgan fingerprint density at radius 1 is 1.16 bits per heavy atom. The van der Waals surface area contributed by atoms with Crippen molar-refractivity contribution < 1.29 is 23.4 Å². The van der Waals surface area contributed by atoms with E-state index in [1.54, 1.807) is 26.2 Å². The highest BCUT2D eigenvalue weighted by Gasteiger charge is 2.17. The number of carbonyl (C=O) groups is 1. The van der Waals surface area contributed by atoms with Gasteiger partial charge in [0.15, 0.2) is 24.0 Å². The Morgan fingerprint density at radius 3 is 2.81 bits per heavy atom. The summed E-state index contributed by atoms with van der Waals surface area (Å²) in [4.78, 5) is 20.8. The SMILES string of the molecule is CCOC(=O)COc1cccc(CNCCCn2c(CCOC)nc3c(N)nc4ccccc4c32)c1F. The third-order valence-corrected chi connectivity index (χ3v) is 5.96. The normalized spacial score (nSPS) is 11.3. The van der Waals surface area contributed by atoms with E-state index in [-0.39, 0.29) is 19.0 Å². The van der Waals surface area contributed by atoms with Crippen LogP contribution in [0.15, 0.2) is 42.5 Å². The summed E-state index contributed by atoms with van der Waals surface area (Å²) >= 11 is 0. The van der Waals surface area contributed by atoms with Crippen molar-refractivity contribution in [3.8, 4) is 5.75 Å². The van der Waals surface area contributed by atoms with Crippen LogP contribution >= 0.6 is 0 Å². The Balaban J connectivity index is 1.42. The largest absolute Gasteiger partial charge is 0.479 e. The van der Waals surface area contributed by atoms with E-state index >= 15 is 0 Å². The number of nitrogens with two attached hydrogens (primary N) is 1. The third kappa shape index (κ3) is 6.15. The molecule has 2 heterocycles. The van der Waals surface area contributed by atoms with E-state index in [0.717, 1.165) is 28.7 Å². The average Bonchev–Trinajstić information content (AvgIpc) is 3.27. The highest BCUT2D eigenvalue weighted by atomic mass is 19.1. The fourth-order valence-corrected chi connectivity index (χ4v) is 4.26. The molecule has 3 N–H and O–H groups in total. The first kappa shape index (κ1) is 26.3. The number of aryl methyl sites for hydroxylation is 1. The molecule has 10 heteroatoms. The van der Waals surface area contributed by atoms with Crippen LogP contribution in [0.5, 0.6) is 5.75 Å². The molecule has 9 nitrogen and oxygen atoms in total. The summed E-state index contributed by atoms with van der Waals surface area (Å²) in [5.41, 5.74) is 9.19. The van der Waals surface area contributed by atoms with Gasteiger partial charge in [0.1, 0.15) is 11.3 Å². The minimum atomic E-state index is -0.535. The Bertz CT molecular complexity index is 1370. The average molecular weight is 510 g/mol. The van der Waals surface area contributed by atoms with Crippen molar-refractivity contribution in [3.05, 3.63) is 59.7 Å². The van der Waals surface area contributed by atoms with Gasteiger partial charge in [-0.25, -0.2) is 19.2 Å². The first-order chi connectivity index (χ1) is 18.0. The van der Waals surface area contributed by atoms with Crippen molar-refractivity contribution in [2.75, 3.05) is 39.2 Å². The summed E-state index contributed by atoms with van der Waals surface area (Å²) in [5, 5.41) is 4.29. The van der Waals surface area contributed by atoms with Crippen molar-refractivity contribution >= 4 is 33.7 Å². The molecule has 0 spiro atoms. The van der Waals surface area contributed by atoms with Crippen molar-refractivity contribution in [1.29, 1.82) is 0 Å². The van der Waals surface area contributed by atoms with Gasteiger partial charge in [0, 0.05) is 37.6 Å². The number of nitrogens with zero attached hydrogens (tertiary/aromatic N) is 3. The molecule has 0 radical (unpaired) electrons. The summed E-state index contributed by atoms with van der Waals surface area (Å²) in [6, 6.07) is 12.8. The van der Waals surface area contributed by atoms with E-state index in [0.29, 0.717) is 49.6 Å². The molecular weight excluding hydrogens is 477 g/mol. The number of methoxy groups -OCH3 is 1. The number of halogens is 1. The number of para-hydroxylation sites is 1. The highest BCUT2D eigenvalue weighted by Crippen LogP contribution is 2.29. The lowest BCUT2D eigenvalue weighted by Gasteiger charge is -2.12. The quantitative estimate of drug-likeness (QED) is 0.208. The van der Waals surface area contributed by atoms with Crippen LogP contribution in [-0.4, -0.2) is 54.0 Å². The maximum atomic E-state index is 14.8. The van der Waals surface area contributed by atoms with Crippen molar-refractivity contribution in [2.24, 2.45) is 0 Å². The summed E-state index contributed by atoms with van der Waals surface area (Å²) in [5.74, 6) is 0.297. The van der Waals surface area contributed by atoms with Gasteiger partial charge in [0.05, 0.1) is 24.2 Å². The van der Waals surface area contributed by atoms with Crippen LogP contribution in [-0.2, 0) is 33.8 Å². The standard InChI is InChI=1S/C27H32FN5O4/c1-3-36-23(34)17-37-21-11-6-8-18(24(21)28)16-30-13-7-14-33-22(12-15-35-2)32-25-26(33)19-9-4-5-10-20(19)31-27(25)29/h4-6,8-11,30H,3,7,12-17H2,1-2H3,(H2,29,31). The Labute approximate surface area is 214 Å². The van der Waals surface area contributed by atoms with Gasteiger partial charge in [0.2, 0.25) is 0 Å². The first-order valence-corrected chi connectivity index (χ1v) is 12.3. The predicted octanol–water partition coefficient (Wildman–Crippen LogP) is 3.62. The minimum absolute atomic E-state index is 0.0260. The number of fused-ring (bicyclic) bond motifs is 3. The van der Waals surface area contributed by atoms with Crippen molar-refractivity contribution in [2.45, 2.75) is 32.9 Å². The molecule has 0 atom stereocenters. The molecule has 0 aliphatic heterocycles. The number of hydrogen-bond donors (Lipinski definition) is 2. The molecule has 2 aromatic carbocycles. The maximum absolute atomic E-state index is 14.8. The molecule has 0 bridgehead atoms. The minimum Gasteiger partial charge on any atom is -0.479 e. The van der Waals surface area contributed by atoms with Crippen LogP contribution in [0.1, 0.15) is 24.7 Å². The number of nitrogens with one attached hydrogen (secondary N) is 1. The fourth-order valence-electron chi connectivity index (χ4n) is 4.26. The second kappa shape index (κ2) is 12.5. The molecule has 37 heavy (non-hydrogen) atoms. The lowest BCUT2D eigenvalue weighted by molar-refractivity contribution is -0.145. The molecular formula is C27H32FN5O4.